The maximum Gasteiger partial charge on any atom is 0.227 e. The van der Waals surface area contributed by atoms with Crippen LogP contribution in [0.2, 0.25) is 0 Å². The van der Waals surface area contributed by atoms with Crippen molar-refractivity contribution in [2.45, 2.75) is 20.3 Å². The molecule has 0 fully saturated rings. The van der Waals surface area contributed by atoms with E-state index in [9.17, 15) is 4.79 Å². The maximum absolute atomic E-state index is 11.9. The molecule has 152 valence electrons. The van der Waals surface area contributed by atoms with E-state index >= 15 is 0 Å². The predicted octanol–water partition coefficient (Wildman–Crippen LogP) is 6.27. The van der Waals surface area contributed by atoms with Gasteiger partial charge in [0, 0.05) is 22.1 Å². The summed E-state index contributed by atoms with van der Waals surface area (Å²) in [6, 6.07) is 17.6. The number of fused-ring (bicyclic) bond motifs is 2. The Kier molecular flexibility index (Phi) is 5.83. The summed E-state index contributed by atoms with van der Waals surface area (Å²) >= 11 is 8.84. The van der Waals surface area contributed by atoms with Gasteiger partial charge in [-0.25, -0.2) is 4.98 Å². The van der Waals surface area contributed by atoms with Crippen molar-refractivity contribution in [3.05, 3.63) is 59.1 Å². The highest BCUT2D eigenvalue weighted by Gasteiger charge is 2.13. The number of hydrogen-bond acceptors (Lipinski definition) is 4. The molecule has 0 aliphatic heterocycles. The number of halogens is 1. The molecule has 4 aromatic rings. The highest BCUT2D eigenvalue weighted by atomic mass is 79.9. The minimum absolute atomic E-state index is 0.102. The minimum Gasteiger partial charge on any atom is -0.436 e. The van der Waals surface area contributed by atoms with Crippen LogP contribution >= 0.6 is 28.1 Å². The van der Waals surface area contributed by atoms with Crippen molar-refractivity contribution in [2.75, 3.05) is 5.32 Å². The van der Waals surface area contributed by atoms with E-state index in [1.54, 1.807) is 0 Å². The van der Waals surface area contributed by atoms with E-state index in [0.29, 0.717) is 23.4 Å². The third-order valence-electron chi connectivity index (χ3n) is 4.59. The summed E-state index contributed by atoms with van der Waals surface area (Å²) in [6.45, 7) is 3.97. The van der Waals surface area contributed by atoms with Crippen LogP contribution in [0.15, 0.2) is 63.5 Å². The van der Waals surface area contributed by atoms with Crippen LogP contribution in [0.3, 0.4) is 0 Å². The number of oxazole rings is 1. The molecule has 0 radical (unpaired) electrons. The Hall–Kier alpha value is -2.77. The van der Waals surface area contributed by atoms with Crippen molar-refractivity contribution in [1.29, 1.82) is 0 Å². The molecule has 4 rings (SSSR count). The Labute approximate surface area is 188 Å². The number of thiocarbonyl (C=S) groups is 1. The second-order valence-corrected chi connectivity index (χ2v) is 8.70. The fraction of sp³-hybridized carbons (Fsp3) is 0.174. The predicted molar refractivity (Wildman–Crippen MR) is 128 cm³/mol. The SMILES string of the molecule is CC(C)CC(=O)NC(=S)Nc1ccc2oc(-c3cccc4c(Br)cccc34)nc2c1. The summed E-state index contributed by atoms with van der Waals surface area (Å²) in [6.07, 6.45) is 0.425. The Morgan fingerprint density at radius 3 is 2.70 bits per heavy atom. The first-order valence-corrected chi connectivity index (χ1v) is 10.8. The van der Waals surface area contributed by atoms with E-state index in [2.05, 4.69) is 43.7 Å². The highest BCUT2D eigenvalue weighted by molar-refractivity contribution is 9.10. The number of anilines is 1. The van der Waals surface area contributed by atoms with Crippen LogP contribution in [0.5, 0.6) is 0 Å². The second-order valence-electron chi connectivity index (χ2n) is 7.44. The fourth-order valence-electron chi connectivity index (χ4n) is 3.29. The van der Waals surface area contributed by atoms with Crippen LogP contribution in [0.1, 0.15) is 20.3 Å². The third-order valence-corrected chi connectivity index (χ3v) is 5.49. The molecule has 3 aromatic carbocycles. The van der Waals surface area contributed by atoms with Gasteiger partial charge in [-0.2, -0.15) is 0 Å². The Balaban J connectivity index is 1.60. The quantitative estimate of drug-likeness (QED) is 0.336. The van der Waals surface area contributed by atoms with Gasteiger partial charge in [-0.05, 0) is 59.2 Å². The zero-order valence-electron chi connectivity index (χ0n) is 16.5. The van der Waals surface area contributed by atoms with Crippen molar-refractivity contribution in [2.24, 2.45) is 5.92 Å². The largest absolute Gasteiger partial charge is 0.436 e. The van der Waals surface area contributed by atoms with Crippen LogP contribution in [0, 0.1) is 5.92 Å². The van der Waals surface area contributed by atoms with Gasteiger partial charge in [-0.1, -0.05) is 54.0 Å². The lowest BCUT2D eigenvalue weighted by molar-refractivity contribution is -0.120. The number of hydrogen-bond donors (Lipinski definition) is 2. The van der Waals surface area contributed by atoms with Gasteiger partial charge in [-0.3, -0.25) is 4.79 Å². The number of benzene rings is 3. The lowest BCUT2D eigenvalue weighted by Gasteiger charge is -2.10. The number of nitrogens with one attached hydrogen (secondary N) is 2. The summed E-state index contributed by atoms with van der Waals surface area (Å²) in [5.74, 6) is 0.723. The summed E-state index contributed by atoms with van der Waals surface area (Å²) < 4.78 is 7.04. The molecule has 0 aliphatic rings. The van der Waals surface area contributed by atoms with Gasteiger partial charge < -0.3 is 15.1 Å². The van der Waals surface area contributed by atoms with Crippen LogP contribution in [0.25, 0.3) is 33.3 Å². The van der Waals surface area contributed by atoms with Gasteiger partial charge in [0.05, 0.1) is 0 Å². The number of amides is 1. The number of carbonyl (C=O) groups excluding carboxylic acids is 1. The standard InChI is InChI=1S/C23H20BrN3O2S/c1-13(2)11-21(28)27-23(30)25-14-9-10-20-19(12-14)26-22(29-20)17-7-3-6-16-15(17)5-4-8-18(16)24/h3-10,12-13H,11H2,1-2H3,(H2,25,27,28,30). The number of nitrogens with zero attached hydrogens (tertiary/aromatic N) is 1. The molecule has 5 nitrogen and oxygen atoms in total. The maximum atomic E-state index is 11.9. The van der Waals surface area contributed by atoms with E-state index in [-0.39, 0.29) is 16.9 Å². The van der Waals surface area contributed by atoms with Gasteiger partial charge in [0.15, 0.2) is 10.7 Å². The monoisotopic (exact) mass is 481 g/mol. The van der Waals surface area contributed by atoms with Crippen molar-refractivity contribution in [3.63, 3.8) is 0 Å². The highest BCUT2D eigenvalue weighted by Crippen LogP contribution is 2.34. The van der Waals surface area contributed by atoms with E-state index in [1.807, 2.05) is 56.3 Å². The second kappa shape index (κ2) is 8.53. The van der Waals surface area contributed by atoms with Crippen LogP contribution in [0.4, 0.5) is 5.69 Å². The molecule has 30 heavy (non-hydrogen) atoms. The van der Waals surface area contributed by atoms with Crippen molar-refractivity contribution in [1.82, 2.24) is 10.3 Å². The Bertz CT molecular complexity index is 1270. The van der Waals surface area contributed by atoms with Gasteiger partial charge >= 0.3 is 0 Å². The molecular weight excluding hydrogens is 462 g/mol. The van der Waals surface area contributed by atoms with Crippen molar-refractivity contribution in [3.8, 4) is 11.5 Å². The number of aromatic nitrogens is 1. The van der Waals surface area contributed by atoms with Gasteiger partial charge in [0.1, 0.15) is 5.52 Å². The molecule has 0 bridgehead atoms. The van der Waals surface area contributed by atoms with Crippen LogP contribution in [-0.2, 0) is 4.79 Å². The number of carbonyl (C=O) groups is 1. The molecule has 1 amide bonds. The molecule has 7 heteroatoms. The minimum atomic E-state index is -0.102. The van der Waals surface area contributed by atoms with E-state index in [1.165, 1.54) is 0 Å². The molecule has 0 atom stereocenters. The third kappa shape index (κ3) is 4.37. The lowest BCUT2D eigenvalue weighted by atomic mass is 10.0. The summed E-state index contributed by atoms with van der Waals surface area (Å²) in [7, 11) is 0. The molecule has 0 aliphatic carbocycles. The topological polar surface area (TPSA) is 67.2 Å². The molecule has 0 saturated heterocycles. The number of rotatable bonds is 4. The normalized spacial score (nSPS) is 11.2. The van der Waals surface area contributed by atoms with E-state index in [4.69, 9.17) is 16.6 Å². The average molecular weight is 482 g/mol. The van der Waals surface area contributed by atoms with Crippen LogP contribution in [-0.4, -0.2) is 16.0 Å². The average Bonchev–Trinajstić information content (AvgIpc) is 3.10. The molecule has 2 N–H and O–H groups in total. The Morgan fingerprint density at radius 2 is 1.90 bits per heavy atom. The van der Waals surface area contributed by atoms with E-state index < -0.39 is 0 Å². The molecular formula is C23H20BrN3O2S. The molecule has 0 unspecified atom stereocenters. The Morgan fingerprint density at radius 1 is 1.13 bits per heavy atom. The summed E-state index contributed by atoms with van der Waals surface area (Å²) in [4.78, 5) is 16.6. The van der Waals surface area contributed by atoms with E-state index in [0.717, 1.165) is 26.5 Å². The van der Waals surface area contributed by atoms with Gasteiger partial charge in [0.2, 0.25) is 11.8 Å². The lowest BCUT2D eigenvalue weighted by Crippen LogP contribution is -2.34. The first-order chi connectivity index (χ1) is 14.4. The molecule has 1 aromatic heterocycles. The summed E-state index contributed by atoms with van der Waals surface area (Å²) in [5, 5.41) is 8.16. The van der Waals surface area contributed by atoms with Crippen molar-refractivity contribution < 1.29 is 9.21 Å². The molecule has 0 saturated carbocycles. The first kappa shape index (κ1) is 20.5. The molecule has 1 heterocycles. The van der Waals surface area contributed by atoms with Gasteiger partial charge in [0.25, 0.3) is 0 Å². The van der Waals surface area contributed by atoms with Gasteiger partial charge in [-0.15, -0.1) is 0 Å². The van der Waals surface area contributed by atoms with Crippen molar-refractivity contribution >= 4 is 66.7 Å². The fourth-order valence-corrected chi connectivity index (χ4v) is 4.02. The molecule has 0 spiro atoms. The van der Waals surface area contributed by atoms with Crippen LogP contribution < -0.4 is 10.6 Å². The zero-order chi connectivity index (χ0) is 21.3. The smallest absolute Gasteiger partial charge is 0.227 e. The first-order valence-electron chi connectivity index (χ1n) is 9.60. The summed E-state index contributed by atoms with van der Waals surface area (Å²) in [5.41, 5.74) is 3.05. The zero-order valence-corrected chi connectivity index (χ0v) is 18.9.